The molecule has 2 rings (SSSR count). The maximum Gasteiger partial charge on any atom is 0.319 e. The second-order valence-corrected chi connectivity index (χ2v) is 5.84. The summed E-state index contributed by atoms with van der Waals surface area (Å²) < 4.78 is 0. The van der Waals surface area contributed by atoms with Crippen LogP contribution in [0.3, 0.4) is 0 Å². The van der Waals surface area contributed by atoms with Crippen LogP contribution in [0.25, 0.3) is 0 Å². The lowest BCUT2D eigenvalue weighted by Crippen LogP contribution is -2.30. The molecule has 0 aliphatic heterocycles. The van der Waals surface area contributed by atoms with E-state index in [9.17, 15) is 9.59 Å². The van der Waals surface area contributed by atoms with E-state index in [1.165, 1.54) is 11.8 Å². The van der Waals surface area contributed by atoms with E-state index in [1.807, 2.05) is 30.3 Å². The van der Waals surface area contributed by atoms with Crippen LogP contribution in [0.2, 0.25) is 0 Å². The first kappa shape index (κ1) is 16.1. The van der Waals surface area contributed by atoms with Gasteiger partial charge in [0.2, 0.25) is 0 Å². The Bertz CT molecular complexity index is 627. The van der Waals surface area contributed by atoms with Crippen LogP contribution >= 0.6 is 11.8 Å². The van der Waals surface area contributed by atoms with E-state index in [0.717, 1.165) is 5.75 Å². The first-order valence-electron chi connectivity index (χ1n) is 6.99. The molecule has 0 aromatic heterocycles. The van der Waals surface area contributed by atoms with Crippen molar-refractivity contribution in [3.63, 3.8) is 0 Å². The summed E-state index contributed by atoms with van der Waals surface area (Å²) in [6.45, 7) is 2.09. The molecule has 0 saturated heterocycles. The van der Waals surface area contributed by atoms with Crippen LogP contribution in [0.4, 0.5) is 10.5 Å². The van der Waals surface area contributed by atoms with E-state index in [-0.39, 0.29) is 11.8 Å². The summed E-state index contributed by atoms with van der Waals surface area (Å²) in [7, 11) is 0. The summed E-state index contributed by atoms with van der Waals surface area (Å²) in [6, 6.07) is 16.6. The molecule has 0 heterocycles. The molecule has 114 valence electrons. The third-order valence-electron chi connectivity index (χ3n) is 2.95. The van der Waals surface area contributed by atoms with Crippen molar-refractivity contribution in [3.05, 3.63) is 60.2 Å². The van der Waals surface area contributed by atoms with Gasteiger partial charge in [0, 0.05) is 28.4 Å². The van der Waals surface area contributed by atoms with Crippen LogP contribution in [-0.4, -0.2) is 24.1 Å². The number of carbonyl (C=O) groups is 2. The smallest absolute Gasteiger partial charge is 0.319 e. The molecule has 2 aromatic carbocycles. The van der Waals surface area contributed by atoms with Crippen molar-refractivity contribution in [2.45, 2.75) is 11.8 Å². The minimum Gasteiger partial charge on any atom is -0.337 e. The first-order valence-corrected chi connectivity index (χ1v) is 7.97. The monoisotopic (exact) mass is 314 g/mol. The van der Waals surface area contributed by atoms with Gasteiger partial charge in [-0.25, -0.2) is 4.79 Å². The minimum atomic E-state index is -0.246. The molecule has 0 aliphatic carbocycles. The lowest BCUT2D eigenvalue weighted by Gasteiger charge is -2.08. The highest BCUT2D eigenvalue weighted by molar-refractivity contribution is 7.99. The molecule has 0 bridgehead atoms. The fraction of sp³-hybridized carbons (Fsp3) is 0.176. The van der Waals surface area contributed by atoms with E-state index < -0.39 is 0 Å². The molecule has 0 spiro atoms. The largest absolute Gasteiger partial charge is 0.337 e. The number of amides is 2. The van der Waals surface area contributed by atoms with Gasteiger partial charge in [0.15, 0.2) is 5.78 Å². The van der Waals surface area contributed by atoms with Crippen LogP contribution < -0.4 is 10.6 Å². The Morgan fingerprint density at radius 2 is 1.68 bits per heavy atom. The topological polar surface area (TPSA) is 58.2 Å². The van der Waals surface area contributed by atoms with Gasteiger partial charge in [0.1, 0.15) is 0 Å². The number of carbonyl (C=O) groups excluding carboxylic acids is 2. The SMILES string of the molecule is CC(=O)c1ccc(NC(=O)NCCSc2ccccc2)cc1. The van der Waals surface area contributed by atoms with Gasteiger partial charge < -0.3 is 10.6 Å². The molecule has 0 radical (unpaired) electrons. The van der Waals surface area contributed by atoms with E-state index in [1.54, 1.807) is 36.0 Å². The van der Waals surface area contributed by atoms with Gasteiger partial charge in [-0.1, -0.05) is 18.2 Å². The Morgan fingerprint density at radius 3 is 2.32 bits per heavy atom. The fourth-order valence-electron chi connectivity index (χ4n) is 1.81. The second kappa shape index (κ2) is 8.24. The number of anilines is 1. The van der Waals surface area contributed by atoms with Crippen molar-refractivity contribution in [2.75, 3.05) is 17.6 Å². The lowest BCUT2D eigenvalue weighted by molar-refractivity contribution is 0.101. The van der Waals surface area contributed by atoms with Crippen molar-refractivity contribution in [3.8, 4) is 0 Å². The third kappa shape index (κ3) is 5.26. The highest BCUT2D eigenvalue weighted by Crippen LogP contribution is 2.15. The van der Waals surface area contributed by atoms with E-state index >= 15 is 0 Å². The molecule has 0 saturated carbocycles. The Hall–Kier alpha value is -2.27. The van der Waals surface area contributed by atoms with Crippen LogP contribution in [0.5, 0.6) is 0 Å². The summed E-state index contributed by atoms with van der Waals surface area (Å²) in [5.41, 5.74) is 1.29. The van der Waals surface area contributed by atoms with Gasteiger partial charge in [0.05, 0.1) is 0 Å². The fourth-order valence-corrected chi connectivity index (χ4v) is 2.60. The predicted molar refractivity (Wildman–Crippen MR) is 90.6 cm³/mol. The number of nitrogens with one attached hydrogen (secondary N) is 2. The average Bonchev–Trinajstić information content (AvgIpc) is 2.53. The molecule has 5 heteroatoms. The predicted octanol–water partition coefficient (Wildman–Crippen LogP) is 3.80. The van der Waals surface area contributed by atoms with E-state index in [0.29, 0.717) is 17.8 Å². The second-order valence-electron chi connectivity index (χ2n) is 4.68. The summed E-state index contributed by atoms with van der Waals surface area (Å²) >= 11 is 1.69. The maximum absolute atomic E-state index is 11.7. The highest BCUT2D eigenvalue weighted by Gasteiger charge is 2.03. The zero-order valence-corrected chi connectivity index (χ0v) is 13.2. The van der Waals surface area contributed by atoms with Crippen LogP contribution in [-0.2, 0) is 0 Å². The van der Waals surface area contributed by atoms with E-state index in [2.05, 4.69) is 10.6 Å². The zero-order chi connectivity index (χ0) is 15.8. The molecule has 2 aromatic rings. The zero-order valence-electron chi connectivity index (χ0n) is 12.3. The van der Waals surface area contributed by atoms with Gasteiger partial charge in [-0.2, -0.15) is 0 Å². The first-order chi connectivity index (χ1) is 10.6. The maximum atomic E-state index is 11.7. The van der Waals surface area contributed by atoms with Gasteiger partial charge in [0.25, 0.3) is 0 Å². The Morgan fingerprint density at radius 1 is 1.00 bits per heavy atom. The lowest BCUT2D eigenvalue weighted by atomic mass is 10.1. The van der Waals surface area contributed by atoms with Gasteiger partial charge in [-0.15, -0.1) is 11.8 Å². The summed E-state index contributed by atoms with van der Waals surface area (Å²) in [5.74, 6) is 0.815. The van der Waals surface area contributed by atoms with Crippen molar-refractivity contribution < 1.29 is 9.59 Å². The van der Waals surface area contributed by atoms with Gasteiger partial charge in [-0.3, -0.25) is 4.79 Å². The van der Waals surface area contributed by atoms with Gasteiger partial charge >= 0.3 is 6.03 Å². The molecule has 0 aliphatic rings. The quantitative estimate of drug-likeness (QED) is 0.484. The summed E-state index contributed by atoms with van der Waals surface area (Å²) in [4.78, 5) is 24.1. The molecule has 0 atom stereocenters. The molecule has 0 unspecified atom stereocenters. The number of benzene rings is 2. The van der Waals surface area contributed by atoms with Crippen molar-refractivity contribution in [1.29, 1.82) is 0 Å². The van der Waals surface area contributed by atoms with Crippen LogP contribution in [0, 0.1) is 0 Å². The van der Waals surface area contributed by atoms with Crippen molar-refractivity contribution in [2.24, 2.45) is 0 Å². The number of Topliss-reactive ketones (excluding diaryl/α,β-unsaturated/α-hetero) is 1. The molecule has 4 nitrogen and oxygen atoms in total. The highest BCUT2D eigenvalue weighted by atomic mass is 32.2. The normalized spacial score (nSPS) is 10.0. The molecular weight excluding hydrogens is 296 g/mol. The van der Waals surface area contributed by atoms with Crippen LogP contribution in [0.15, 0.2) is 59.5 Å². The number of hydrogen-bond acceptors (Lipinski definition) is 3. The number of thioether (sulfide) groups is 1. The van der Waals surface area contributed by atoms with E-state index in [4.69, 9.17) is 0 Å². The molecule has 2 N–H and O–H groups in total. The Kier molecular flexibility index (Phi) is 6.03. The Balaban J connectivity index is 1.70. The molecule has 2 amide bonds. The molecular formula is C17H18N2O2S. The molecule has 0 fully saturated rings. The van der Waals surface area contributed by atoms with Crippen LogP contribution in [0.1, 0.15) is 17.3 Å². The number of rotatable bonds is 6. The van der Waals surface area contributed by atoms with Crippen molar-refractivity contribution >= 4 is 29.3 Å². The Labute approximate surface area is 134 Å². The van der Waals surface area contributed by atoms with Gasteiger partial charge in [-0.05, 0) is 43.3 Å². The third-order valence-corrected chi connectivity index (χ3v) is 3.96. The average molecular weight is 314 g/mol. The number of urea groups is 1. The summed E-state index contributed by atoms with van der Waals surface area (Å²) in [5, 5.41) is 5.54. The van der Waals surface area contributed by atoms with Crippen molar-refractivity contribution in [1.82, 2.24) is 5.32 Å². The number of hydrogen-bond donors (Lipinski definition) is 2. The minimum absolute atomic E-state index is 0.00828. The number of ketones is 1. The summed E-state index contributed by atoms with van der Waals surface area (Å²) in [6.07, 6.45) is 0. The standard InChI is InChI=1S/C17H18N2O2S/c1-13(20)14-7-9-15(10-8-14)19-17(21)18-11-12-22-16-5-3-2-4-6-16/h2-10H,11-12H2,1H3,(H2,18,19,21). The molecule has 22 heavy (non-hydrogen) atoms.